The van der Waals surface area contributed by atoms with Gasteiger partial charge in [-0.2, -0.15) is 0 Å². The fourth-order valence-electron chi connectivity index (χ4n) is 2.81. The summed E-state index contributed by atoms with van der Waals surface area (Å²) >= 11 is 0. The highest BCUT2D eigenvalue weighted by atomic mass is 16.5. The quantitative estimate of drug-likeness (QED) is 0.795. The summed E-state index contributed by atoms with van der Waals surface area (Å²) in [5, 5.41) is 0. The van der Waals surface area contributed by atoms with Gasteiger partial charge < -0.3 is 4.74 Å². The average molecular weight is 294 g/mol. The summed E-state index contributed by atoms with van der Waals surface area (Å²) in [5.41, 5.74) is 4.72. The Hall–Kier alpha value is -2.49. The Bertz CT molecular complexity index is 774. The maximum Gasteiger partial charge on any atom is 0.340 e. The third-order valence-corrected chi connectivity index (χ3v) is 4.08. The minimum absolute atomic E-state index is 0.304. The first-order chi connectivity index (χ1) is 10.4. The number of aryl methyl sites for hydroxylation is 1. The van der Waals surface area contributed by atoms with E-state index in [-0.39, 0.29) is 11.4 Å². The lowest BCUT2D eigenvalue weighted by atomic mass is 9.79. The first-order valence-corrected chi connectivity index (χ1v) is 7.19. The van der Waals surface area contributed by atoms with E-state index < -0.39 is 0 Å². The zero-order valence-corrected chi connectivity index (χ0v) is 13.2. The lowest BCUT2D eigenvalue weighted by Crippen LogP contribution is -2.27. The molecule has 0 saturated carbocycles. The van der Waals surface area contributed by atoms with E-state index in [4.69, 9.17) is 9.73 Å². The molecule has 1 aromatic carbocycles. The second-order valence-electron chi connectivity index (χ2n) is 6.00. The lowest BCUT2D eigenvalue weighted by molar-refractivity contribution is 0.0601. The number of hydrogen-bond donors (Lipinski definition) is 0. The molecule has 0 amide bonds. The van der Waals surface area contributed by atoms with Crippen LogP contribution in [-0.4, -0.2) is 23.8 Å². The molecule has 2 aromatic rings. The highest BCUT2D eigenvalue weighted by Gasteiger charge is 2.38. The lowest BCUT2D eigenvalue weighted by Gasteiger charge is -2.22. The van der Waals surface area contributed by atoms with Gasteiger partial charge in [-0.25, -0.2) is 9.79 Å². The number of esters is 1. The van der Waals surface area contributed by atoms with Gasteiger partial charge in [0.2, 0.25) is 0 Å². The van der Waals surface area contributed by atoms with Crippen molar-refractivity contribution in [2.75, 3.05) is 7.11 Å². The van der Waals surface area contributed by atoms with Crippen molar-refractivity contribution in [1.82, 2.24) is 4.98 Å². The van der Waals surface area contributed by atoms with Crippen molar-refractivity contribution in [1.29, 1.82) is 0 Å². The van der Waals surface area contributed by atoms with Gasteiger partial charge in [-0.15, -0.1) is 0 Å². The number of carbonyl (C=O) groups excluding carboxylic acids is 1. The van der Waals surface area contributed by atoms with Crippen LogP contribution in [0.4, 0.5) is 5.69 Å². The molecule has 3 rings (SSSR count). The van der Waals surface area contributed by atoms with Gasteiger partial charge in [-0.1, -0.05) is 18.2 Å². The van der Waals surface area contributed by atoms with Gasteiger partial charge in [0, 0.05) is 11.6 Å². The Balaban J connectivity index is 2.18. The van der Waals surface area contributed by atoms with E-state index in [1.54, 1.807) is 6.07 Å². The van der Waals surface area contributed by atoms with Crippen LogP contribution in [-0.2, 0) is 10.2 Å². The predicted octanol–water partition coefficient (Wildman–Crippen LogP) is 3.59. The Morgan fingerprint density at radius 3 is 2.59 bits per heavy atom. The van der Waals surface area contributed by atoms with Crippen LogP contribution in [0.15, 0.2) is 41.5 Å². The van der Waals surface area contributed by atoms with Gasteiger partial charge in [-0.3, -0.25) is 4.98 Å². The molecule has 0 radical (unpaired) electrons. The van der Waals surface area contributed by atoms with Gasteiger partial charge in [0.05, 0.1) is 29.8 Å². The highest BCUT2D eigenvalue weighted by molar-refractivity contribution is 6.13. The van der Waals surface area contributed by atoms with Crippen molar-refractivity contribution in [3.05, 3.63) is 58.9 Å². The zero-order valence-electron chi connectivity index (χ0n) is 13.2. The first-order valence-electron chi connectivity index (χ1n) is 7.19. The number of nitrogens with zero attached hydrogens (tertiary/aromatic N) is 2. The highest BCUT2D eigenvalue weighted by Crippen LogP contribution is 2.43. The Kier molecular flexibility index (Phi) is 3.32. The molecule has 0 N–H and O–H groups in total. The normalized spacial score (nSPS) is 15.2. The molecular formula is C18H18N2O2. The second-order valence-corrected chi connectivity index (χ2v) is 6.00. The molecule has 0 atom stereocenters. The van der Waals surface area contributed by atoms with E-state index in [2.05, 4.69) is 18.8 Å². The van der Waals surface area contributed by atoms with Crippen molar-refractivity contribution < 1.29 is 9.53 Å². The van der Waals surface area contributed by atoms with Gasteiger partial charge in [0.25, 0.3) is 0 Å². The average Bonchev–Trinajstić information content (AvgIpc) is 2.79. The van der Waals surface area contributed by atoms with Crippen LogP contribution in [0.3, 0.4) is 0 Å². The van der Waals surface area contributed by atoms with Crippen LogP contribution in [0.5, 0.6) is 0 Å². The monoisotopic (exact) mass is 294 g/mol. The van der Waals surface area contributed by atoms with Gasteiger partial charge in [0.15, 0.2) is 0 Å². The predicted molar refractivity (Wildman–Crippen MR) is 86.0 cm³/mol. The Morgan fingerprint density at radius 1 is 1.18 bits per heavy atom. The summed E-state index contributed by atoms with van der Waals surface area (Å²) in [4.78, 5) is 21.2. The largest absolute Gasteiger partial charge is 0.465 e. The molecule has 0 bridgehead atoms. The molecule has 1 aromatic heterocycles. The Labute approximate surface area is 129 Å². The van der Waals surface area contributed by atoms with Crippen molar-refractivity contribution in [3.8, 4) is 0 Å². The van der Waals surface area contributed by atoms with Crippen molar-refractivity contribution in [3.63, 3.8) is 0 Å². The molecule has 0 fully saturated rings. The third-order valence-electron chi connectivity index (χ3n) is 4.08. The number of rotatable bonds is 2. The second kappa shape index (κ2) is 5.05. The van der Waals surface area contributed by atoms with E-state index in [1.165, 1.54) is 7.11 Å². The van der Waals surface area contributed by atoms with Gasteiger partial charge in [-0.05, 0) is 44.0 Å². The molecule has 112 valence electrons. The number of carbonyl (C=O) groups is 1. The number of fused-ring (bicyclic) bond motifs is 1. The zero-order chi connectivity index (χ0) is 15.9. The van der Waals surface area contributed by atoms with Gasteiger partial charge >= 0.3 is 5.97 Å². The van der Waals surface area contributed by atoms with Crippen molar-refractivity contribution in [2.45, 2.75) is 26.2 Å². The standard InChI is InChI=1S/C18H18N2O2/c1-11-8-9-14(19-10-11)16-18(2,3)13-7-5-6-12(15(13)20-16)17(21)22-4/h5-10H,1-4H3. The maximum absolute atomic E-state index is 12.0. The molecule has 2 heterocycles. The number of benzene rings is 1. The topological polar surface area (TPSA) is 51.5 Å². The molecule has 1 aliphatic rings. The fraction of sp³-hybridized carbons (Fsp3) is 0.278. The minimum atomic E-state index is -0.366. The number of pyridine rings is 1. The minimum Gasteiger partial charge on any atom is -0.465 e. The summed E-state index contributed by atoms with van der Waals surface area (Å²) in [6.07, 6.45) is 1.83. The van der Waals surface area contributed by atoms with Crippen LogP contribution in [0.2, 0.25) is 0 Å². The van der Waals surface area contributed by atoms with Crippen LogP contribution < -0.4 is 0 Å². The molecule has 1 aliphatic heterocycles. The molecule has 4 nitrogen and oxygen atoms in total. The summed E-state index contributed by atoms with van der Waals surface area (Å²) in [7, 11) is 1.38. The van der Waals surface area contributed by atoms with Crippen molar-refractivity contribution >= 4 is 17.4 Å². The van der Waals surface area contributed by atoms with Crippen LogP contribution >= 0.6 is 0 Å². The number of hydrogen-bond acceptors (Lipinski definition) is 4. The SMILES string of the molecule is COC(=O)c1cccc2c1N=C(c1ccc(C)cn1)C2(C)C. The maximum atomic E-state index is 12.0. The number of methoxy groups -OCH3 is 1. The molecule has 4 heteroatoms. The third kappa shape index (κ3) is 2.11. The molecule has 0 spiro atoms. The smallest absolute Gasteiger partial charge is 0.340 e. The van der Waals surface area contributed by atoms with E-state index in [0.29, 0.717) is 11.3 Å². The van der Waals surface area contributed by atoms with Crippen LogP contribution in [0.1, 0.15) is 41.0 Å². The molecular weight excluding hydrogens is 276 g/mol. The fourth-order valence-corrected chi connectivity index (χ4v) is 2.81. The van der Waals surface area contributed by atoms with Gasteiger partial charge in [0.1, 0.15) is 0 Å². The molecule has 0 aliphatic carbocycles. The van der Waals surface area contributed by atoms with E-state index in [1.807, 2.05) is 37.4 Å². The van der Waals surface area contributed by atoms with E-state index in [9.17, 15) is 4.79 Å². The van der Waals surface area contributed by atoms with Crippen molar-refractivity contribution in [2.24, 2.45) is 4.99 Å². The molecule has 0 unspecified atom stereocenters. The molecule has 0 saturated heterocycles. The van der Waals surface area contributed by atoms with Crippen LogP contribution in [0.25, 0.3) is 0 Å². The van der Waals surface area contributed by atoms with E-state index >= 15 is 0 Å². The number of aliphatic imine (C=N–C) groups is 1. The van der Waals surface area contributed by atoms with Crippen LogP contribution in [0, 0.1) is 6.92 Å². The summed E-state index contributed by atoms with van der Waals surface area (Å²) in [6.45, 7) is 6.20. The Morgan fingerprint density at radius 2 is 1.95 bits per heavy atom. The summed E-state index contributed by atoms with van der Waals surface area (Å²) < 4.78 is 4.86. The van der Waals surface area contributed by atoms with E-state index in [0.717, 1.165) is 22.5 Å². The first kappa shape index (κ1) is 14.4. The number of ether oxygens (including phenoxy) is 1. The number of aromatic nitrogens is 1. The summed E-state index contributed by atoms with van der Waals surface area (Å²) in [5.74, 6) is -0.366. The summed E-state index contributed by atoms with van der Waals surface area (Å²) in [6, 6.07) is 9.61. The molecule has 22 heavy (non-hydrogen) atoms. The number of para-hydroxylation sites is 1.